The number of hydrogen-bond donors (Lipinski definition) is 1. The average molecular weight is 509 g/mol. The number of carbonyl (C=O) groups is 1. The molecule has 0 bridgehead atoms. The van der Waals surface area contributed by atoms with E-state index in [1.165, 1.54) is 26.8 Å². The Bertz CT molecular complexity index is 1180. The van der Waals surface area contributed by atoms with Crippen molar-refractivity contribution in [1.82, 2.24) is 10.2 Å². The van der Waals surface area contributed by atoms with Gasteiger partial charge in [-0.25, -0.2) is 4.79 Å². The summed E-state index contributed by atoms with van der Waals surface area (Å²) in [6.45, 7) is 9.10. The SMILES string of the molecule is COc1ccc2ccccc2c1CSc1ccccc1CN1CCOC(CNC(=O)OC(C)(C)C)C1. The Balaban J connectivity index is 1.39. The second-order valence-corrected chi connectivity index (χ2v) is 11.0. The maximum atomic E-state index is 12.0. The van der Waals surface area contributed by atoms with E-state index in [0.717, 1.165) is 31.1 Å². The van der Waals surface area contributed by atoms with Gasteiger partial charge in [-0.3, -0.25) is 4.90 Å². The number of methoxy groups -OCH3 is 1. The van der Waals surface area contributed by atoms with Crippen molar-refractivity contribution in [3.05, 3.63) is 71.8 Å². The van der Waals surface area contributed by atoms with Crippen LogP contribution < -0.4 is 10.1 Å². The number of ether oxygens (including phenoxy) is 3. The van der Waals surface area contributed by atoms with Crippen LogP contribution in [0.3, 0.4) is 0 Å². The van der Waals surface area contributed by atoms with Crippen LogP contribution in [0.4, 0.5) is 4.79 Å². The molecule has 1 aliphatic rings. The Labute approximate surface area is 218 Å². The zero-order chi connectivity index (χ0) is 25.5. The molecule has 0 radical (unpaired) electrons. The van der Waals surface area contributed by atoms with Crippen molar-refractivity contribution in [2.24, 2.45) is 0 Å². The number of amides is 1. The third-order valence-corrected chi connectivity index (χ3v) is 7.19. The van der Waals surface area contributed by atoms with Gasteiger partial charge in [0.05, 0.1) is 19.8 Å². The molecule has 1 aliphatic heterocycles. The second-order valence-electron chi connectivity index (χ2n) is 9.97. The molecule has 1 heterocycles. The normalized spacial score (nSPS) is 16.6. The molecule has 3 aromatic carbocycles. The first-order valence-corrected chi connectivity index (χ1v) is 13.4. The summed E-state index contributed by atoms with van der Waals surface area (Å²) in [6.07, 6.45) is -0.472. The molecule has 7 heteroatoms. The average Bonchev–Trinajstić information content (AvgIpc) is 2.86. The molecule has 1 N–H and O–H groups in total. The molecule has 6 nitrogen and oxygen atoms in total. The summed E-state index contributed by atoms with van der Waals surface area (Å²) >= 11 is 1.84. The van der Waals surface area contributed by atoms with Crippen LogP contribution in [0.1, 0.15) is 31.9 Å². The molecule has 4 rings (SSSR count). The smallest absolute Gasteiger partial charge is 0.407 e. The highest BCUT2D eigenvalue weighted by Crippen LogP contribution is 2.35. The fraction of sp³-hybridized carbons (Fsp3) is 0.414. The quantitative estimate of drug-likeness (QED) is 0.384. The minimum atomic E-state index is -0.513. The number of carbonyl (C=O) groups excluding carboxylic acids is 1. The number of thioether (sulfide) groups is 1. The van der Waals surface area contributed by atoms with Crippen molar-refractivity contribution in [2.75, 3.05) is 33.4 Å². The van der Waals surface area contributed by atoms with E-state index < -0.39 is 11.7 Å². The predicted octanol–water partition coefficient (Wildman–Crippen LogP) is 5.87. The molecule has 36 heavy (non-hydrogen) atoms. The van der Waals surface area contributed by atoms with E-state index >= 15 is 0 Å². The Morgan fingerprint density at radius 3 is 2.69 bits per heavy atom. The van der Waals surface area contributed by atoms with Crippen LogP contribution in [-0.4, -0.2) is 56.0 Å². The zero-order valence-electron chi connectivity index (χ0n) is 21.6. The second kappa shape index (κ2) is 12.0. The van der Waals surface area contributed by atoms with E-state index in [-0.39, 0.29) is 6.10 Å². The Morgan fingerprint density at radius 1 is 1.11 bits per heavy atom. The lowest BCUT2D eigenvalue weighted by atomic mass is 10.0. The summed E-state index contributed by atoms with van der Waals surface area (Å²) in [6, 6.07) is 21.2. The van der Waals surface area contributed by atoms with Crippen LogP contribution >= 0.6 is 11.8 Å². The molecule has 1 atom stereocenters. The van der Waals surface area contributed by atoms with Gasteiger partial charge >= 0.3 is 6.09 Å². The van der Waals surface area contributed by atoms with Crippen LogP contribution in [0, 0.1) is 0 Å². The molecule has 192 valence electrons. The van der Waals surface area contributed by atoms with E-state index in [2.05, 4.69) is 70.9 Å². The molecule has 3 aromatic rings. The number of morpholine rings is 1. The first-order valence-electron chi connectivity index (χ1n) is 12.4. The summed E-state index contributed by atoms with van der Waals surface area (Å²) in [5, 5.41) is 5.30. The third-order valence-electron chi connectivity index (χ3n) is 6.05. The molecule has 0 saturated carbocycles. The van der Waals surface area contributed by atoms with Crippen molar-refractivity contribution < 1.29 is 19.0 Å². The van der Waals surface area contributed by atoms with Gasteiger partial charge < -0.3 is 19.5 Å². The monoisotopic (exact) mass is 508 g/mol. The molecule has 0 spiro atoms. The summed E-state index contributed by atoms with van der Waals surface area (Å²) in [5.41, 5.74) is 2.00. The van der Waals surface area contributed by atoms with Crippen molar-refractivity contribution in [3.63, 3.8) is 0 Å². The van der Waals surface area contributed by atoms with E-state index in [4.69, 9.17) is 14.2 Å². The molecule has 1 fully saturated rings. The molecule has 0 aliphatic carbocycles. The van der Waals surface area contributed by atoms with Gasteiger partial charge in [-0.05, 0) is 49.2 Å². The fourth-order valence-corrected chi connectivity index (χ4v) is 5.47. The van der Waals surface area contributed by atoms with Crippen molar-refractivity contribution in [3.8, 4) is 5.75 Å². The Kier molecular flexibility index (Phi) is 8.77. The highest BCUT2D eigenvalue weighted by molar-refractivity contribution is 7.98. The summed E-state index contributed by atoms with van der Waals surface area (Å²) in [5.74, 6) is 1.75. The van der Waals surface area contributed by atoms with Gasteiger partial charge in [0.15, 0.2) is 0 Å². The molecule has 0 aromatic heterocycles. The fourth-order valence-electron chi connectivity index (χ4n) is 4.38. The van der Waals surface area contributed by atoms with Gasteiger partial charge in [0.1, 0.15) is 11.4 Å². The molecular weight excluding hydrogens is 472 g/mol. The van der Waals surface area contributed by atoms with Gasteiger partial charge in [-0.15, -0.1) is 11.8 Å². The number of hydrogen-bond acceptors (Lipinski definition) is 6. The van der Waals surface area contributed by atoms with Crippen LogP contribution in [0.5, 0.6) is 5.75 Å². The van der Waals surface area contributed by atoms with Gasteiger partial charge in [-0.1, -0.05) is 48.5 Å². The number of benzene rings is 3. The standard InChI is InChI=1S/C29H36N2O4S/c1-29(2,3)35-28(32)30-17-23-19-31(15-16-34-23)18-22-10-6-8-12-27(22)36-20-25-24-11-7-5-9-21(24)13-14-26(25)33-4/h5-14,23H,15-20H2,1-4H3,(H,30,32). The Hall–Kier alpha value is -2.74. The lowest BCUT2D eigenvalue weighted by Gasteiger charge is -2.33. The number of rotatable bonds is 8. The number of alkyl carbamates (subject to hydrolysis) is 1. The van der Waals surface area contributed by atoms with Crippen molar-refractivity contribution >= 4 is 28.6 Å². The summed E-state index contributed by atoms with van der Waals surface area (Å²) in [4.78, 5) is 15.7. The van der Waals surface area contributed by atoms with Gasteiger partial charge in [0, 0.05) is 42.4 Å². The molecule has 1 amide bonds. The van der Waals surface area contributed by atoms with Crippen molar-refractivity contribution in [1.29, 1.82) is 0 Å². The number of nitrogens with one attached hydrogen (secondary N) is 1. The van der Waals surface area contributed by atoms with E-state index in [9.17, 15) is 4.79 Å². The largest absolute Gasteiger partial charge is 0.496 e. The summed E-state index contributed by atoms with van der Waals surface area (Å²) < 4.78 is 16.9. The number of nitrogens with zero attached hydrogens (tertiary/aromatic N) is 1. The highest BCUT2D eigenvalue weighted by Gasteiger charge is 2.23. The zero-order valence-corrected chi connectivity index (χ0v) is 22.4. The van der Waals surface area contributed by atoms with Crippen LogP contribution in [0.2, 0.25) is 0 Å². The van der Waals surface area contributed by atoms with Crippen LogP contribution in [0.15, 0.2) is 65.6 Å². The summed E-state index contributed by atoms with van der Waals surface area (Å²) in [7, 11) is 1.73. The maximum absolute atomic E-state index is 12.0. The lowest BCUT2D eigenvalue weighted by molar-refractivity contribution is -0.0315. The first kappa shape index (κ1) is 26.3. The lowest BCUT2D eigenvalue weighted by Crippen LogP contribution is -2.47. The predicted molar refractivity (Wildman–Crippen MR) is 146 cm³/mol. The molecular formula is C29H36N2O4S. The van der Waals surface area contributed by atoms with E-state index in [0.29, 0.717) is 13.2 Å². The highest BCUT2D eigenvalue weighted by atomic mass is 32.2. The van der Waals surface area contributed by atoms with E-state index in [1.54, 1.807) is 7.11 Å². The van der Waals surface area contributed by atoms with Crippen LogP contribution in [0.25, 0.3) is 10.8 Å². The minimum Gasteiger partial charge on any atom is -0.496 e. The van der Waals surface area contributed by atoms with Crippen molar-refractivity contribution in [2.45, 2.75) is 49.7 Å². The van der Waals surface area contributed by atoms with Gasteiger partial charge in [-0.2, -0.15) is 0 Å². The molecule has 1 saturated heterocycles. The minimum absolute atomic E-state index is 0.0639. The van der Waals surface area contributed by atoms with Gasteiger partial charge in [0.25, 0.3) is 0 Å². The maximum Gasteiger partial charge on any atom is 0.407 e. The third kappa shape index (κ3) is 7.15. The van der Waals surface area contributed by atoms with Gasteiger partial charge in [0.2, 0.25) is 0 Å². The molecule has 1 unspecified atom stereocenters. The first-order chi connectivity index (χ1) is 17.3. The van der Waals surface area contributed by atoms with E-state index in [1.807, 2.05) is 32.5 Å². The Morgan fingerprint density at radius 2 is 1.89 bits per heavy atom. The van der Waals surface area contributed by atoms with Crippen LogP contribution in [-0.2, 0) is 21.8 Å². The topological polar surface area (TPSA) is 60.0 Å². The number of fused-ring (bicyclic) bond motifs is 1.